The van der Waals surface area contributed by atoms with Crippen LogP contribution in [0.15, 0.2) is 65.6 Å². The maximum absolute atomic E-state index is 13.2. The van der Waals surface area contributed by atoms with Gasteiger partial charge in [-0.2, -0.15) is 0 Å². The summed E-state index contributed by atoms with van der Waals surface area (Å²) in [6, 6.07) is 15.7. The van der Waals surface area contributed by atoms with Gasteiger partial charge in [-0.05, 0) is 41.5 Å². The van der Waals surface area contributed by atoms with E-state index in [0.29, 0.717) is 28.2 Å². The van der Waals surface area contributed by atoms with Crippen LogP contribution in [0.2, 0.25) is 0 Å². The predicted octanol–water partition coefficient (Wildman–Crippen LogP) is 4.00. The van der Waals surface area contributed by atoms with E-state index in [1.807, 2.05) is 0 Å². The summed E-state index contributed by atoms with van der Waals surface area (Å²) in [5.74, 6) is 0.880. The van der Waals surface area contributed by atoms with Crippen molar-refractivity contribution in [2.75, 3.05) is 21.3 Å². The first-order chi connectivity index (χ1) is 14.4. The summed E-state index contributed by atoms with van der Waals surface area (Å²) in [7, 11) is 0.509. The number of ether oxygens (including phenoxy) is 3. The number of rotatable bonds is 8. The molecule has 0 heterocycles. The molecule has 6 nitrogen and oxygen atoms in total. The van der Waals surface area contributed by atoms with E-state index in [0.717, 1.165) is 0 Å². The lowest BCUT2D eigenvalue weighted by Crippen LogP contribution is -2.24. The lowest BCUT2D eigenvalue weighted by Gasteiger charge is -2.16. The smallest absolute Gasteiger partial charge is 0.241 e. The first-order valence-electron chi connectivity index (χ1n) is 9.02. The van der Waals surface area contributed by atoms with Crippen LogP contribution in [-0.2, 0) is 16.6 Å². The van der Waals surface area contributed by atoms with Crippen molar-refractivity contribution in [3.63, 3.8) is 0 Å². The van der Waals surface area contributed by atoms with Crippen molar-refractivity contribution >= 4 is 10.0 Å². The van der Waals surface area contributed by atoms with Crippen LogP contribution >= 0.6 is 0 Å². The molecule has 3 rings (SSSR count). The largest absolute Gasteiger partial charge is 0.497 e. The van der Waals surface area contributed by atoms with Crippen LogP contribution in [0.1, 0.15) is 5.56 Å². The molecule has 0 aliphatic rings. The van der Waals surface area contributed by atoms with Gasteiger partial charge in [-0.15, -0.1) is 0 Å². The van der Waals surface area contributed by atoms with Crippen molar-refractivity contribution in [1.82, 2.24) is 4.72 Å². The summed E-state index contributed by atoms with van der Waals surface area (Å²) < 4.78 is 57.9. The summed E-state index contributed by atoms with van der Waals surface area (Å²) in [5.41, 5.74) is 1.69. The Balaban J connectivity index is 2.07. The molecule has 0 atom stereocenters. The van der Waals surface area contributed by atoms with Gasteiger partial charge in [0.05, 0.1) is 26.2 Å². The Morgan fingerprint density at radius 2 is 1.53 bits per heavy atom. The zero-order chi connectivity index (χ0) is 21.7. The molecule has 8 heteroatoms. The molecule has 1 N–H and O–H groups in total. The summed E-state index contributed by atoms with van der Waals surface area (Å²) in [6.45, 7) is 0.00844. The highest BCUT2D eigenvalue weighted by atomic mass is 32.2. The molecule has 0 aromatic heterocycles. The minimum atomic E-state index is -3.94. The maximum atomic E-state index is 13.2. The lowest BCUT2D eigenvalue weighted by atomic mass is 10.0. The van der Waals surface area contributed by atoms with Gasteiger partial charge in [-0.1, -0.05) is 24.3 Å². The molecular weight excluding hydrogens is 409 g/mol. The van der Waals surface area contributed by atoms with E-state index < -0.39 is 10.0 Å². The molecule has 0 aliphatic heterocycles. The van der Waals surface area contributed by atoms with Crippen molar-refractivity contribution < 1.29 is 27.0 Å². The topological polar surface area (TPSA) is 73.9 Å². The zero-order valence-corrected chi connectivity index (χ0v) is 17.6. The Kier molecular flexibility index (Phi) is 6.59. The molecule has 30 heavy (non-hydrogen) atoms. The van der Waals surface area contributed by atoms with E-state index in [1.165, 1.54) is 51.7 Å². The highest BCUT2D eigenvalue weighted by Gasteiger charge is 2.23. The highest BCUT2D eigenvalue weighted by Crippen LogP contribution is 2.38. The van der Waals surface area contributed by atoms with E-state index >= 15 is 0 Å². The van der Waals surface area contributed by atoms with Crippen LogP contribution in [0, 0.1) is 5.82 Å². The molecule has 0 fully saturated rings. The number of hydrogen-bond donors (Lipinski definition) is 1. The van der Waals surface area contributed by atoms with Crippen molar-refractivity contribution in [2.45, 2.75) is 11.4 Å². The summed E-state index contributed by atoms with van der Waals surface area (Å²) >= 11 is 0. The zero-order valence-electron chi connectivity index (χ0n) is 16.8. The molecule has 0 saturated carbocycles. The van der Waals surface area contributed by atoms with Crippen LogP contribution in [0.3, 0.4) is 0 Å². The van der Waals surface area contributed by atoms with Crippen molar-refractivity contribution in [3.05, 3.63) is 72.0 Å². The Morgan fingerprint density at radius 3 is 2.17 bits per heavy atom. The first kappa shape index (κ1) is 21.6. The van der Waals surface area contributed by atoms with Gasteiger partial charge in [-0.3, -0.25) is 0 Å². The van der Waals surface area contributed by atoms with Gasteiger partial charge < -0.3 is 14.2 Å². The summed E-state index contributed by atoms with van der Waals surface area (Å²) in [4.78, 5) is 0.0236. The van der Waals surface area contributed by atoms with Gasteiger partial charge >= 0.3 is 0 Å². The van der Waals surface area contributed by atoms with E-state index in [-0.39, 0.29) is 23.0 Å². The fourth-order valence-corrected chi connectivity index (χ4v) is 4.20. The van der Waals surface area contributed by atoms with Crippen molar-refractivity contribution in [1.29, 1.82) is 0 Å². The number of sulfonamides is 1. The summed E-state index contributed by atoms with van der Waals surface area (Å²) in [6.07, 6.45) is 0. The van der Waals surface area contributed by atoms with Crippen molar-refractivity contribution in [3.8, 4) is 28.4 Å². The predicted molar refractivity (Wildman–Crippen MR) is 112 cm³/mol. The molecule has 158 valence electrons. The van der Waals surface area contributed by atoms with Gasteiger partial charge in [0, 0.05) is 18.2 Å². The molecule has 0 amide bonds. The average Bonchev–Trinajstić information content (AvgIpc) is 2.77. The van der Waals surface area contributed by atoms with Crippen LogP contribution in [0.5, 0.6) is 17.2 Å². The first-order valence-corrected chi connectivity index (χ1v) is 10.5. The second-order valence-corrected chi connectivity index (χ2v) is 8.12. The number of benzene rings is 3. The number of methoxy groups -OCH3 is 3. The molecule has 0 aliphatic carbocycles. The van der Waals surface area contributed by atoms with Gasteiger partial charge in [0.1, 0.15) is 11.6 Å². The van der Waals surface area contributed by atoms with Crippen LogP contribution in [0.4, 0.5) is 4.39 Å². The third kappa shape index (κ3) is 4.72. The van der Waals surface area contributed by atoms with Gasteiger partial charge in [0.2, 0.25) is 10.0 Å². The number of nitrogens with one attached hydrogen (secondary N) is 1. The summed E-state index contributed by atoms with van der Waals surface area (Å²) in [5, 5.41) is 0. The fourth-order valence-electron chi connectivity index (χ4n) is 2.96. The molecule has 0 spiro atoms. The Morgan fingerprint density at radius 1 is 0.867 bits per heavy atom. The number of halogens is 1. The average molecular weight is 431 g/mol. The van der Waals surface area contributed by atoms with Gasteiger partial charge in [-0.25, -0.2) is 17.5 Å². The third-order valence-electron chi connectivity index (χ3n) is 4.54. The normalized spacial score (nSPS) is 11.2. The van der Waals surface area contributed by atoms with Crippen molar-refractivity contribution in [2.24, 2.45) is 0 Å². The van der Waals surface area contributed by atoms with E-state index in [1.54, 1.807) is 30.3 Å². The monoisotopic (exact) mass is 431 g/mol. The second-order valence-electron chi connectivity index (χ2n) is 6.39. The molecule has 0 unspecified atom stereocenters. The second kappa shape index (κ2) is 9.15. The van der Waals surface area contributed by atoms with Gasteiger partial charge in [0.15, 0.2) is 11.5 Å². The fraction of sp³-hybridized carbons (Fsp3) is 0.182. The Hall–Kier alpha value is -3.10. The van der Waals surface area contributed by atoms with Crippen LogP contribution in [-0.4, -0.2) is 29.7 Å². The maximum Gasteiger partial charge on any atom is 0.241 e. The molecule has 3 aromatic carbocycles. The van der Waals surface area contributed by atoms with Crippen LogP contribution in [0.25, 0.3) is 11.1 Å². The van der Waals surface area contributed by atoms with Gasteiger partial charge in [0.25, 0.3) is 0 Å². The molecule has 0 radical (unpaired) electrons. The van der Waals surface area contributed by atoms with E-state index in [2.05, 4.69) is 4.72 Å². The molecular formula is C22H22FNO5S. The SMILES string of the molecule is COc1cccc(-c2cc(OC)c(OC)cc2S(=O)(=O)NCc2ccc(F)cc2)c1. The minimum Gasteiger partial charge on any atom is -0.497 e. The van der Waals surface area contributed by atoms with E-state index in [9.17, 15) is 12.8 Å². The third-order valence-corrected chi connectivity index (χ3v) is 5.98. The molecule has 0 saturated heterocycles. The number of hydrogen-bond acceptors (Lipinski definition) is 5. The standard InChI is InChI=1S/C22H22FNO5S/c1-27-18-6-4-5-16(11-18)19-12-20(28-2)21(29-3)13-22(19)30(25,26)24-14-15-7-9-17(23)10-8-15/h4-13,24H,14H2,1-3H3. The Bertz CT molecular complexity index is 1130. The van der Waals surface area contributed by atoms with Crippen LogP contribution < -0.4 is 18.9 Å². The Labute approximate surface area is 175 Å². The molecule has 3 aromatic rings. The quantitative estimate of drug-likeness (QED) is 0.584. The minimum absolute atomic E-state index is 0.00844. The van der Waals surface area contributed by atoms with E-state index in [4.69, 9.17) is 14.2 Å². The molecule has 0 bridgehead atoms. The lowest BCUT2D eigenvalue weighted by molar-refractivity contribution is 0.354. The highest BCUT2D eigenvalue weighted by molar-refractivity contribution is 7.89.